The molecule has 0 amide bonds. The second kappa shape index (κ2) is 5.19. The van der Waals surface area contributed by atoms with E-state index in [9.17, 15) is 5.21 Å². The van der Waals surface area contributed by atoms with Crippen molar-refractivity contribution in [2.24, 2.45) is 0 Å². The van der Waals surface area contributed by atoms with Crippen LogP contribution in [0.3, 0.4) is 0 Å². The molecule has 2 aromatic heterocycles. The molecular formula is C15H16N4O3. The molecule has 0 atom stereocenters. The Morgan fingerprint density at radius 3 is 2.68 bits per heavy atom. The Balaban J connectivity index is 2.36. The zero-order valence-corrected chi connectivity index (χ0v) is 12.5. The van der Waals surface area contributed by atoms with Crippen molar-refractivity contribution in [1.82, 2.24) is 10.1 Å². The van der Waals surface area contributed by atoms with Gasteiger partial charge < -0.3 is 15.0 Å². The Labute approximate surface area is 126 Å². The number of nitrogens with two attached hydrogens (primary N) is 1. The van der Waals surface area contributed by atoms with Crippen molar-refractivity contribution >= 4 is 22.3 Å². The quantitative estimate of drug-likeness (QED) is 0.638. The van der Waals surface area contributed by atoms with Crippen LogP contribution >= 0.6 is 0 Å². The molecule has 2 heterocycles. The number of rotatable bonds is 3. The van der Waals surface area contributed by atoms with E-state index < -0.39 is 0 Å². The molecule has 0 aliphatic heterocycles. The summed E-state index contributed by atoms with van der Waals surface area (Å²) in [7, 11) is 1.58. The maximum atomic E-state index is 9.30. The maximum Gasteiger partial charge on any atom is 0.141 e. The van der Waals surface area contributed by atoms with Crippen molar-refractivity contribution in [3.05, 3.63) is 29.8 Å². The predicted octanol–water partition coefficient (Wildman–Crippen LogP) is 2.90. The third-order valence-corrected chi connectivity index (χ3v) is 3.63. The van der Waals surface area contributed by atoms with Gasteiger partial charge in [-0.1, -0.05) is 5.16 Å². The smallest absolute Gasteiger partial charge is 0.141 e. The van der Waals surface area contributed by atoms with Crippen LogP contribution in [0.4, 0.5) is 11.4 Å². The zero-order chi connectivity index (χ0) is 15.9. The fourth-order valence-electron chi connectivity index (χ4n) is 2.59. The van der Waals surface area contributed by atoms with Crippen molar-refractivity contribution in [2.45, 2.75) is 13.8 Å². The molecule has 0 aliphatic carbocycles. The first-order valence-corrected chi connectivity index (χ1v) is 6.66. The lowest BCUT2D eigenvalue weighted by atomic mass is 10.00. The lowest BCUT2D eigenvalue weighted by molar-refractivity contribution is 0.390. The first kappa shape index (κ1) is 14.2. The number of aromatic nitrogens is 2. The first-order chi connectivity index (χ1) is 10.6. The highest BCUT2D eigenvalue weighted by Gasteiger charge is 2.18. The number of fused-ring (bicyclic) bond motifs is 1. The first-order valence-electron chi connectivity index (χ1n) is 6.66. The minimum atomic E-state index is 0.349. The highest BCUT2D eigenvalue weighted by molar-refractivity contribution is 6.00. The van der Waals surface area contributed by atoms with Gasteiger partial charge in [0.15, 0.2) is 0 Å². The summed E-state index contributed by atoms with van der Waals surface area (Å²) in [6.45, 7) is 3.71. The van der Waals surface area contributed by atoms with Gasteiger partial charge in [0.05, 0.1) is 41.5 Å². The van der Waals surface area contributed by atoms with Gasteiger partial charge in [-0.15, -0.1) is 0 Å². The predicted molar refractivity (Wildman–Crippen MR) is 83.1 cm³/mol. The fourth-order valence-corrected chi connectivity index (χ4v) is 2.59. The van der Waals surface area contributed by atoms with Gasteiger partial charge in [-0.25, -0.2) is 0 Å². The van der Waals surface area contributed by atoms with E-state index in [2.05, 4.69) is 15.6 Å². The average molecular weight is 300 g/mol. The number of hydrogen-bond donors (Lipinski definition) is 3. The Hall–Kier alpha value is -2.80. The van der Waals surface area contributed by atoms with E-state index in [-0.39, 0.29) is 0 Å². The van der Waals surface area contributed by atoms with Crippen LogP contribution in [0.25, 0.3) is 22.0 Å². The molecule has 3 rings (SSSR count). The molecular weight excluding hydrogens is 284 g/mol. The van der Waals surface area contributed by atoms with Crippen LogP contribution in [-0.4, -0.2) is 22.5 Å². The van der Waals surface area contributed by atoms with Crippen molar-refractivity contribution in [3.63, 3.8) is 0 Å². The summed E-state index contributed by atoms with van der Waals surface area (Å²) in [4.78, 5) is 4.31. The largest absolute Gasteiger partial charge is 0.496 e. The third kappa shape index (κ3) is 2.03. The SMILES string of the molecule is COc1cc2c(NO)c(N)cnc2cc1-c1c(C)noc1C. The minimum Gasteiger partial charge on any atom is -0.496 e. The Kier molecular flexibility index (Phi) is 3.34. The molecule has 1 aromatic carbocycles. The molecule has 0 aliphatic rings. The van der Waals surface area contributed by atoms with Crippen LogP contribution in [-0.2, 0) is 0 Å². The highest BCUT2D eigenvalue weighted by Crippen LogP contribution is 2.39. The van der Waals surface area contributed by atoms with Crippen LogP contribution in [0.5, 0.6) is 5.75 Å². The molecule has 0 saturated carbocycles. The highest BCUT2D eigenvalue weighted by atomic mass is 16.5. The summed E-state index contributed by atoms with van der Waals surface area (Å²) in [5, 5.41) is 13.9. The van der Waals surface area contributed by atoms with E-state index in [1.165, 1.54) is 6.20 Å². The van der Waals surface area contributed by atoms with Crippen LogP contribution in [0.15, 0.2) is 22.9 Å². The molecule has 0 unspecified atom stereocenters. The second-order valence-electron chi connectivity index (χ2n) is 4.97. The molecule has 0 bridgehead atoms. The van der Waals surface area contributed by atoms with Crippen LogP contribution in [0, 0.1) is 13.8 Å². The van der Waals surface area contributed by atoms with Gasteiger partial charge in [0, 0.05) is 10.9 Å². The van der Waals surface area contributed by atoms with E-state index in [0.717, 1.165) is 16.8 Å². The minimum absolute atomic E-state index is 0.349. The van der Waals surface area contributed by atoms with Crippen molar-refractivity contribution < 1.29 is 14.5 Å². The number of nitrogens with zero attached hydrogens (tertiary/aromatic N) is 2. The zero-order valence-electron chi connectivity index (χ0n) is 12.5. The van der Waals surface area contributed by atoms with E-state index in [1.54, 1.807) is 13.2 Å². The van der Waals surface area contributed by atoms with E-state index >= 15 is 0 Å². The third-order valence-electron chi connectivity index (χ3n) is 3.63. The van der Waals surface area contributed by atoms with Crippen LogP contribution in [0.2, 0.25) is 0 Å². The molecule has 4 N–H and O–H groups in total. The van der Waals surface area contributed by atoms with Crippen LogP contribution < -0.4 is 16.0 Å². The maximum absolute atomic E-state index is 9.30. The normalized spacial score (nSPS) is 10.9. The van der Waals surface area contributed by atoms with Crippen molar-refractivity contribution in [1.29, 1.82) is 0 Å². The molecule has 7 heteroatoms. The molecule has 0 saturated heterocycles. The second-order valence-corrected chi connectivity index (χ2v) is 4.97. The van der Waals surface area contributed by atoms with Gasteiger partial charge in [-0.3, -0.25) is 15.7 Å². The lowest BCUT2D eigenvalue weighted by Gasteiger charge is -2.13. The average Bonchev–Trinajstić information content (AvgIpc) is 2.85. The van der Waals surface area contributed by atoms with E-state index in [4.69, 9.17) is 15.0 Å². The summed E-state index contributed by atoms with van der Waals surface area (Å²) < 4.78 is 10.7. The molecule has 22 heavy (non-hydrogen) atoms. The van der Waals surface area contributed by atoms with Crippen molar-refractivity contribution in [2.75, 3.05) is 18.3 Å². The summed E-state index contributed by atoms with van der Waals surface area (Å²) in [5.74, 6) is 1.32. The number of aryl methyl sites for hydroxylation is 2. The number of nitrogens with one attached hydrogen (secondary N) is 1. The molecule has 0 radical (unpaired) electrons. The summed E-state index contributed by atoms with van der Waals surface area (Å²) in [6.07, 6.45) is 1.49. The van der Waals surface area contributed by atoms with Gasteiger partial charge in [-0.2, -0.15) is 0 Å². The monoisotopic (exact) mass is 300 g/mol. The fraction of sp³-hybridized carbons (Fsp3) is 0.200. The number of methoxy groups -OCH3 is 1. The van der Waals surface area contributed by atoms with Gasteiger partial charge in [-0.05, 0) is 26.0 Å². The topological polar surface area (TPSA) is 106 Å². The number of ether oxygens (including phenoxy) is 1. The van der Waals surface area contributed by atoms with Gasteiger partial charge in [0.1, 0.15) is 11.5 Å². The Bertz CT molecular complexity index is 838. The molecule has 0 fully saturated rings. The van der Waals surface area contributed by atoms with Crippen molar-refractivity contribution in [3.8, 4) is 16.9 Å². The number of nitrogen functional groups attached to an aromatic ring is 1. The Morgan fingerprint density at radius 2 is 2.09 bits per heavy atom. The molecule has 114 valence electrons. The number of benzene rings is 1. The molecule has 7 nitrogen and oxygen atoms in total. The summed E-state index contributed by atoms with van der Waals surface area (Å²) in [6, 6.07) is 3.64. The van der Waals surface area contributed by atoms with Crippen LogP contribution in [0.1, 0.15) is 11.5 Å². The van der Waals surface area contributed by atoms with E-state index in [0.29, 0.717) is 33.8 Å². The molecule has 0 spiro atoms. The van der Waals surface area contributed by atoms with Gasteiger partial charge >= 0.3 is 0 Å². The molecule has 3 aromatic rings. The Morgan fingerprint density at radius 1 is 1.32 bits per heavy atom. The number of pyridine rings is 1. The lowest BCUT2D eigenvalue weighted by Crippen LogP contribution is -2.00. The number of anilines is 2. The van der Waals surface area contributed by atoms with E-state index in [1.807, 2.05) is 19.9 Å². The van der Waals surface area contributed by atoms with Gasteiger partial charge in [0.25, 0.3) is 0 Å². The summed E-state index contributed by atoms with van der Waals surface area (Å²) in [5.41, 5.74) is 11.8. The standard InChI is InChI=1S/C15H16N4O3/c1-7-14(8(2)22-19-7)10-4-12-9(5-13(10)21-3)15(18-20)11(16)6-17-12/h4-6,20H,16H2,1-3H3,(H,17,18). The van der Waals surface area contributed by atoms with Gasteiger partial charge in [0.2, 0.25) is 0 Å². The number of hydrogen-bond acceptors (Lipinski definition) is 7. The summed E-state index contributed by atoms with van der Waals surface area (Å²) >= 11 is 0.